The minimum Gasteiger partial charge on any atom is -0.311 e. The quantitative estimate of drug-likeness (QED) is 0.803. The number of rotatable bonds is 4. The number of hydrogen-bond acceptors (Lipinski definition) is 2. The van der Waals surface area contributed by atoms with E-state index < -0.39 is 0 Å². The number of hydrogen-bond donors (Lipinski definition) is 1. The molecule has 2 heteroatoms. The van der Waals surface area contributed by atoms with E-state index in [1.54, 1.807) is 0 Å². The summed E-state index contributed by atoms with van der Waals surface area (Å²) in [4.78, 5) is 1.50. The smallest absolute Gasteiger partial charge is 0.00896 e. The van der Waals surface area contributed by atoms with E-state index in [-0.39, 0.29) is 0 Å². The van der Waals surface area contributed by atoms with Crippen LogP contribution in [0.3, 0.4) is 0 Å². The van der Waals surface area contributed by atoms with Gasteiger partial charge in [-0.3, -0.25) is 0 Å². The van der Waals surface area contributed by atoms with Crippen LogP contribution in [0.2, 0.25) is 0 Å². The van der Waals surface area contributed by atoms with E-state index in [1.807, 2.05) is 11.3 Å². The summed E-state index contributed by atoms with van der Waals surface area (Å²) < 4.78 is 0. The van der Waals surface area contributed by atoms with Gasteiger partial charge in [-0.2, -0.15) is 0 Å². The van der Waals surface area contributed by atoms with Crippen molar-refractivity contribution in [3.05, 3.63) is 22.4 Å². The van der Waals surface area contributed by atoms with Gasteiger partial charge in [-0.05, 0) is 37.6 Å². The van der Waals surface area contributed by atoms with Crippen molar-refractivity contribution in [1.82, 2.24) is 5.32 Å². The summed E-state index contributed by atoms with van der Waals surface area (Å²) in [5.41, 5.74) is 0. The van der Waals surface area contributed by atoms with Gasteiger partial charge in [0, 0.05) is 17.0 Å². The van der Waals surface area contributed by atoms with Crippen LogP contribution in [0.5, 0.6) is 0 Å². The minimum absolute atomic E-state index is 0.636. The standard InChI is InChI=1S/C12H19NS/c1-10(9-12-7-4-8-14-12)13-11-5-2-3-6-11/h4,7-8,10-11,13H,2-3,5-6,9H2,1H3. The van der Waals surface area contributed by atoms with E-state index in [2.05, 4.69) is 29.8 Å². The minimum atomic E-state index is 0.636. The van der Waals surface area contributed by atoms with Crippen LogP contribution >= 0.6 is 11.3 Å². The molecule has 0 bridgehead atoms. The summed E-state index contributed by atoms with van der Waals surface area (Å²) in [5, 5.41) is 5.89. The Bertz CT molecular complexity index is 249. The second kappa shape index (κ2) is 4.94. The average Bonchev–Trinajstić information content (AvgIpc) is 2.76. The zero-order valence-electron chi connectivity index (χ0n) is 8.83. The largest absolute Gasteiger partial charge is 0.311 e. The van der Waals surface area contributed by atoms with Crippen LogP contribution in [-0.2, 0) is 6.42 Å². The first kappa shape index (κ1) is 10.2. The summed E-state index contributed by atoms with van der Waals surface area (Å²) in [7, 11) is 0. The highest BCUT2D eigenvalue weighted by molar-refractivity contribution is 7.09. The molecule has 0 spiro atoms. The molecule has 1 fully saturated rings. The lowest BCUT2D eigenvalue weighted by atomic mass is 10.1. The van der Waals surface area contributed by atoms with Gasteiger partial charge in [-0.15, -0.1) is 11.3 Å². The normalized spacial score (nSPS) is 20.1. The van der Waals surface area contributed by atoms with E-state index in [0.29, 0.717) is 6.04 Å². The molecule has 1 heterocycles. The SMILES string of the molecule is CC(Cc1cccs1)NC1CCCC1. The van der Waals surface area contributed by atoms with Crippen LogP contribution in [0, 0.1) is 0 Å². The van der Waals surface area contributed by atoms with Crippen LogP contribution in [-0.4, -0.2) is 12.1 Å². The van der Waals surface area contributed by atoms with Gasteiger partial charge in [0.15, 0.2) is 0 Å². The molecule has 1 unspecified atom stereocenters. The van der Waals surface area contributed by atoms with Crippen LogP contribution in [0.15, 0.2) is 17.5 Å². The van der Waals surface area contributed by atoms with Crippen LogP contribution in [0.25, 0.3) is 0 Å². The maximum absolute atomic E-state index is 3.72. The molecule has 0 amide bonds. The zero-order chi connectivity index (χ0) is 9.80. The third-order valence-electron chi connectivity index (χ3n) is 2.96. The monoisotopic (exact) mass is 209 g/mol. The molecule has 1 aliphatic carbocycles. The fourth-order valence-corrected chi connectivity index (χ4v) is 3.12. The average molecular weight is 209 g/mol. The van der Waals surface area contributed by atoms with E-state index in [0.717, 1.165) is 6.04 Å². The molecule has 1 saturated carbocycles. The van der Waals surface area contributed by atoms with Crippen LogP contribution in [0.4, 0.5) is 0 Å². The Morgan fingerprint density at radius 2 is 2.29 bits per heavy atom. The van der Waals surface area contributed by atoms with Crippen molar-refractivity contribution >= 4 is 11.3 Å². The van der Waals surface area contributed by atoms with E-state index in [9.17, 15) is 0 Å². The third kappa shape index (κ3) is 2.82. The molecule has 1 aliphatic rings. The van der Waals surface area contributed by atoms with Gasteiger partial charge in [-0.1, -0.05) is 18.9 Å². The molecular weight excluding hydrogens is 190 g/mol. The first-order valence-corrected chi connectivity index (χ1v) is 6.51. The number of nitrogens with one attached hydrogen (secondary N) is 1. The predicted octanol–water partition coefficient (Wildman–Crippen LogP) is 3.21. The van der Waals surface area contributed by atoms with Crippen molar-refractivity contribution < 1.29 is 0 Å². The topological polar surface area (TPSA) is 12.0 Å². The molecule has 2 rings (SSSR count). The van der Waals surface area contributed by atoms with Crippen molar-refractivity contribution in [2.45, 2.75) is 51.1 Å². The fourth-order valence-electron chi connectivity index (χ4n) is 2.28. The van der Waals surface area contributed by atoms with Gasteiger partial charge in [0.25, 0.3) is 0 Å². The molecule has 0 radical (unpaired) electrons. The predicted molar refractivity (Wildman–Crippen MR) is 62.9 cm³/mol. The number of thiophene rings is 1. The van der Waals surface area contributed by atoms with Crippen molar-refractivity contribution in [3.63, 3.8) is 0 Å². The van der Waals surface area contributed by atoms with E-state index in [1.165, 1.54) is 37.0 Å². The second-order valence-electron chi connectivity index (χ2n) is 4.33. The van der Waals surface area contributed by atoms with Gasteiger partial charge in [0.2, 0.25) is 0 Å². The molecule has 1 nitrogen and oxygen atoms in total. The van der Waals surface area contributed by atoms with Crippen molar-refractivity contribution in [3.8, 4) is 0 Å². The molecule has 0 aromatic carbocycles. The van der Waals surface area contributed by atoms with Crippen molar-refractivity contribution in [1.29, 1.82) is 0 Å². The Kier molecular flexibility index (Phi) is 3.60. The van der Waals surface area contributed by atoms with Gasteiger partial charge in [-0.25, -0.2) is 0 Å². The molecule has 0 aliphatic heterocycles. The summed E-state index contributed by atoms with van der Waals surface area (Å²) in [5.74, 6) is 0. The van der Waals surface area contributed by atoms with Gasteiger partial charge >= 0.3 is 0 Å². The summed E-state index contributed by atoms with van der Waals surface area (Å²) in [6.45, 7) is 2.30. The van der Waals surface area contributed by atoms with Gasteiger partial charge in [0.05, 0.1) is 0 Å². The lowest BCUT2D eigenvalue weighted by Gasteiger charge is -2.18. The Morgan fingerprint density at radius 1 is 1.50 bits per heavy atom. The zero-order valence-corrected chi connectivity index (χ0v) is 9.65. The molecule has 1 aromatic heterocycles. The maximum atomic E-state index is 3.72. The lowest BCUT2D eigenvalue weighted by molar-refractivity contribution is 0.450. The summed E-state index contributed by atoms with van der Waals surface area (Å²) >= 11 is 1.87. The molecule has 0 saturated heterocycles. The van der Waals surface area contributed by atoms with E-state index >= 15 is 0 Å². The molecular formula is C12H19NS. The Morgan fingerprint density at radius 3 is 2.93 bits per heavy atom. The fraction of sp³-hybridized carbons (Fsp3) is 0.667. The van der Waals surface area contributed by atoms with Crippen LogP contribution in [0.1, 0.15) is 37.5 Å². The van der Waals surface area contributed by atoms with Gasteiger partial charge in [0.1, 0.15) is 0 Å². The molecule has 1 atom stereocenters. The lowest BCUT2D eigenvalue weighted by Crippen LogP contribution is -2.35. The maximum Gasteiger partial charge on any atom is 0.00896 e. The highest BCUT2D eigenvalue weighted by Crippen LogP contribution is 2.19. The highest BCUT2D eigenvalue weighted by atomic mass is 32.1. The Hall–Kier alpha value is -0.340. The Balaban J connectivity index is 1.75. The van der Waals surface area contributed by atoms with E-state index in [4.69, 9.17) is 0 Å². The summed E-state index contributed by atoms with van der Waals surface area (Å²) in [6.07, 6.45) is 6.80. The molecule has 78 valence electrons. The van der Waals surface area contributed by atoms with Crippen LogP contribution < -0.4 is 5.32 Å². The first-order chi connectivity index (χ1) is 6.84. The molecule has 1 N–H and O–H groups in total. The van der Waals surface area contributed by atoms with Crippen molar-refractivity contribution in [2.75, 3.05) is 0 Å². The second-order valence-corrected chi connectivity index (χ2v) is 5.36. The Labute approximate surface area is 90.5 Å². The third-order valence-corrected chi connectivity index (χ3v) is 3.86. The molecule has 14 heavy (non-hydrogen) atoms. The molecule has 1 aromatic rings. The first-order valence-electron chi connectivity index (χ1n) is 5.63. The van der Waals surface area contributed by atoms with Gasteiger partial charge < -0.3 is 5.32 Å². The summed E-state index contributed by atoms with van der Waals surface area (Å²) in [6, 6.07) is 5.81. The van der Waals surface area contributed by atoms with Crippen molar-refractivity contribution in [2.24, 2.45) is 0 Å². The highest BCUT2D eigenvalue weighted by Gasteiger charge is 2.16.